The fourth-order valence-corrected chi connectivity index (χ4v) is 3.18. The van der Waals surface area contributed by atoms with Crippen LogP contribution >= 0.6 is 23.2 Å². The minimum Gasteiger partial charge on any atom is -0.492 e. The Balaban J connectivity index is 1.86. The Kier molecular flexibility index (Phi) is 6.39. The highest BCUT2D eigenvalue weighted by molar-refractivity contribution is 6.35. The number of nitrogens with zero attached hydrogens (tertiary/aromatic N) is 1. The molecule has 0 saturated carbocycles. The molecule has 3 rings (SSSR count). The number of rotatable bonds is 6. The molecule has 144 valence electrons. The van der Waals surface area contributed by atoms with E-state index < -0.39 is 11.5 Å². The molecule has 0 aliphatic carbocycles. The van der Waals surface area contributed by atoms with Gasteiger partial charge in [-0.05, 0) is 48.9 Å². The topological polar surface area (TPSA) is 60.3 Å². The third-order valence-corrected chi connectivity index (χ3v) is 4.64. The molecular formula is C21H18Cl2N2O3. The highest BCUT2D eigenvalue weighted by Gasteiger charge is 2.15. The lowest BCUT2D eigenvalue weighted by Crippen LogP contribution is -2.29. The summed E-state index contributed by atoms with van der Waals surface area (Å²) in [6.45, 7) is 2.55. The summed E-state index contributed by atoms with van der Waals surface area (Å²) in [4.78, 5) is 25.5. The van der Waals surface area contributed by atoms with Gasteiger partial charge in [0.15, 0.2) is 0 Å². The first-order valence-corrected chi connectivity index (χ1v) is 9.41. The SMILES string of the molecule is CCOc1ccccc1NC(=O)c1cccn(Cc2ccc(Cl)cc2Cl)c1=O. The molecule has 1 aromatic heterocycles. The van der Waals surface area contributed by atoms with Crippen LogP contribution in [0.1, 0.15) is 22.8 Å². The number of benzene rings is 2. The lowest BCUT2D eigenvalue weighted by atomic mass is 10.2. The average Bonchev–Trinajstić information content (AvgIpc) is 2.67. The Labute approximate surface area is 172 Å². The highest BCUT2D eigenvalue weighted by atomic mass is 35.5. The van der Waals surface area contributed by atoms with Crippen molar-refractivity contribution in [1.29, 1.82) is 0 Å². The molecule has 2 aromatic carbocycles. The van der Waals surface area contributed by atoms with Crippen molar-refractivity contribution in [2.24, 2.45) is 0 Å². The van der Waals surface area contributed by atoms with Crippen LogP contribution in [0, 0.1) is 0 Å². The van der Waals surface area contributed by atoms with Gasteiger partial charge in [0, 0.05) is 16.2 Å². The molecule has 3 aromatic rings. The first-order chi connectivity index (χ1) is 13.5. The maximum absolute atomic E-state index is 12.8. The van der Waals surface area contributed by atoms with Crippen LogP contribution in [0.4, 0.5) is 5.69 Å². The second-order valence-electron chi connectivity index (χ2n) is 5.97. The van der Waals surface area contributed by atoms with E-state index in [1.54, 1.807) is 48.7 Å². The largest absolute Gasteiger partial charge is 0.492 e. The summed E-state index contributed by atoms with van der Waals surface area (Å²) < 4.78 is 6.94. The van der Waals surface area contributed by atoms with E-state index in [1.165, 1.54) is 10.6 Å². The lowest BCUT2D eigenvalue weighted by Gasteiger charge is -2.12. The van der Waals surface area contributed by atoms with Gasteiger partial charge in [-0.25, -0.2) is 0 Å². The van der Waals surface area contributed by atoms with Crippen LogP contribution in [0.3, 0.4) is 0 Å². The smallest absolute Gasteiger partial charge is 0.263 e. The molecule has 0 spiro atoms. The van der Waals surface area contributed by atoms with Crippen LogP contribution in [-0.2, 0) is 6.54 Å². The molecule has 1 heterocycles. The van der Waals surface area contributed by atoms with Crippen molar-refractivity contribution in [1.82, 2.24) is 4.57 Å². The standard InChI is InChI=1S/C21H18Cl2N2O3/c1-2-28-19-8-4-3-7-18(19)24-20(26)16-6-5-11-25(21(16)27)13-14-9-10-15(22)12-17(14)23/h3-12H,2,13H2,1H3,(H,24,26). The summed E-state index contributed by atoms with van der Waals surface area (Å²) in [7, 11) is 0. The first-order valence-electron chi connectivity index (χ1n) is 8.66. The Bertz CT molecular complexity index is 1060. The molecule has 1 N–H and O–H groups in total. The van der Waals surface area contributed by atoms with Crippen LogP contribution in [-0.4, -0.2) is 17.1 Å². The minimum absolute atomic E-state index is 0.0267. The third kappa shape index (κ3) is 4.55. The summed E-state index contributed by atoms with van der Waals surface area (Å²) in [5.41, 5.74) is 0.844. The zero-order chi connectivity index (χ0) is 20.1. The number of carbonyl (C=O) groups is 1. The molecule has 0 aliphatic rings. The maximum Gasteiger partial charge on any atom is 0.263 e. The lowest BCUT2D eigenvalue weighted by molar-refractivity contribution is 0.102. The van der Waals surface area contributed by atoms with Crippen LogP contribution in [0.2, 0.25) is 10.0 Å². The average molecular weight is 417 g/mol. The molecule has 0 unspecified atom stereocenters. The number of pyridine rings is 1. The van der Waals surface area contributed by atoms with Gasteiger partial charge in [-0.2, -0.15) is 0 Å². The Morgan fingerprint density at radius 2 is 1.89 bits per heavy atom. The van der Waals surface area contributed by atoms with E-state index >= 15 is 0 Å². The van der Waals surface area contributed by atoms with Gasteiger partial charge < -0.3 is 14.6 Å². The number of anilines is 1. The van der Waals surface area contributed by atoms with Gasteiger partial charge in [0.25, 0.3) is 11.5 Å². The number of para-hydroxylation sites is 2. The highest BCUT2D eigenvalue weighted by Crippen LogP contribution is 2.24. The van der Waals surface area contributed by atoms with E-state index in [0.717, 1.165) is 5.56 Å². The molecule has 0 fully saturated rings. The van der Waals surface area contributed by atoms with Crippen molar-refractivity contribution in [2.75, 3.05) is 11.9 Å². The molecule has 0 saturated heterocycles. The number of hydrogen-bond acceptors (Lipinski definition) is 3. The van der Waals surface area contributed by atoms with Crippen molar-refractivity contribution >= 4 is 34.8 Å². The van der Waals surface area contributed by atoms with E-state index in [0.29, 0.717) is 28.1 Å². The van der Waals surface area contributed by atoms with E-state index in [4.69, 9.17) is 27.9 Å². The van der Waals surface area contributed by atoms with Crippen molar-refractivity contribution in [3.05, 3.63) is 92.3 Å². The summed E-state index contributed by atoms with van der Waals surface area (Å²) >= 11 is 12.1. The van der Waals surface area contributed by atoms with E-state index in [9.17, 15) is 9.59 Å². The fourth-order valence-electron chi connectivity index (χ4n) is 2.71. The summed E-state index contributed by atoms with van der Waals surface area (Å²) in [6.07, 6.45) is 1.61. The number of amides is 1. The Hall–Kier alpha value is -2.76. The number of aromatic nitrogens is 1. The van der Waals surface area contributed by atoms with Crippen LogP contribution in [0.5, 0.6) is 5.75 Å². The predicted octanol–water partition coefficient (Wildman–Crippen LogP) is 4.85. The minimum atomic E-state index is -0.506. The van der Waals surface area contributed by atoms with E-state index in [-0.39, 0.29) is 12.1 Å². The quantitative estimate of drug-likeness (QED) is 0.624. The summed E-state index contributed by atoms with van der Waals surface area (Å²) in [5, 5.41) is 3.72. The van der Waals surface area contributed by atoms with Gasteiger partial charge in [-0.3, -0.25) is 9.59 Å². The Morgan fingerprint density at radius 3 is 2.64 bits per heavy atom. The molecule has 28 heavy (non-hydrogen) atoms. The van der Waals surface area contributed by atoms with Gasteiger partial charge >= 0.3 is 0 Å². The monoisotopic (exact) mass is 416 g/mol. The van der Waals surface area contributed by atoms with E-state index in [1.807, 2.05) is 13.0 Å². The number of carbonyl (C=O) groups excluding carboxylic acids is 1. The first kappa shape index (κ1) is 20.0. The molecule has 0 atom stereocenters. The summed E-state index contributed by atoms with van der Waals surface area (Å²) in [5.74, 6) is 0.0382. The normalized spacial score (nSPS) is 10.5. The number of ether oxygens (including phenoxy) is 1. The van der Waals surface area contributed by atoms with Crippen molar-refractivity contribution in [3.63, 3.8) is 0 Å². The van der Waals surface area contributed by atoms with Gasteiger partial charge in [0.1, 0.15) is 11.3 Å². The Morgan fingerprint density at radius 1 is 1.11 bits per heavy atom. The fraction of sp³-hybridized carbons (Fsp3) is 0.143. The summed E-state index contributed by atoms with van der Waals surface area (Å²) in [6, 6.07) is 15.3. The van der Waals surface area contributed by atoms with Crippen molar-refractivity contribution in [3.8, 4) is 5.75 Å². The molecule has 0 aliphatic heterocycles. The number of hydrogen-bond donors (Lipinski definition) is 1. The third-order valence-electron chi connectivity index (χ3n) is 4.06. The van der Waals surface area contributed by atoms with Crippen LogP contribution in [0.25, 0.3) is 0 Å². The molecule has 7 heteroatoms. The van der Waals surface area contributed by atoms with E-state index in [2.05, 4.69) is 5.32 Å². The molecule has 0 bridgehead atoms. The molecule has 0 radical (unpaired) electrons. The number of nitrogens with one attached hydrogen (secondary N) is 1. The molecular weight excluding hydrogens is 399 g/mol. The van der Waals surface area contributed by atoms with Gasteiger partial charge in [0.05, 0.1) is 18.8 Å². The van der Waals surface area contributed by atoms with Gasteiger partial charge in [-0.15, -0.1) is 0 Å². The van der Waals surface area contributed by atoms with Crippen LogP contribution < -0.4 is 15.6 Å². The van der Waals surface area contributed by atoms with Gasteiger partial charge in [-0.1, -0.05) is 41.4 Å². The van der Waals surface area contributed by atoms with Crippen molar-refractivity contribution < 1.29 is 9.53 Å². The zero-order valence-corrected chi connectivity index (χ0v) is 16.6. The second kappa shape index (κ2) is 8.95. The second-order valence-corrected chi connectivity index (χ2v) is 6.82. The zero-order valence-electron chi connectivity index (χ0n) is 15.1. The molecule has 1 amide bonds. The van der Waals surface area contributed by atoms with Gasteiger partial charge in [0.2, 0.25) is 0 Å². The maximum atomic E-state index is 12.8. The number of halogens is 2. The van der Waals surface area contributed by atoms with Crippen molar-refractivity contribution in [2.45, 2.75) is 13.5 Å². The predicted molar refractivity (Wildman–Crippen MR) is 112 cm³/mol. The molecule has 5 nitrogen and oxygen atoms in total. The van der Waals surface area contributed by atoms with Crippen LogP contribution in [0.15, 0.2) is 65.6 Å².